The number of hydrogen-bond acceptors (Lipinski definition) is 2. The summed E-state index contributed by atoms with van der Waals surface area (Å²) in [7, 11) is 1.74. The average molecular weight is 248 g/mol. The highest BCUT2D eigenvalue weighted by Gasteiger charge is 2.79. The van der Waals surface area contributed by atoms with E-state index in [4.69, 9.17) is 4.74 Å². The summed E-state index contributed by atoms with van der Waals surface area (Å²) in [5.41, 5.74) is -0.306. The predicted octanol–water partition coefficient (Wildman–Crippen LogP) is 2.76. The minimum atomic E-state index is -0.651. The first-order valence-electron chi connectivity index (χ1n) is 7.42. The molecule has 4 rings (SSSR count). The Hall–Kier alpha value is -0.340. The number of aliphatic hydroxyl groups is 1. The van der Waals surface area contributed by atoms with Crippen LogP contribution in [0.3, 0.4) is 0 Å². The van der Waals surface area contributed by atoms with Gasteiger partial charge in [0.2, 0.25) is 0 Å². The maximum atomic E-state index is 11.5. The Morgan fingerprint density at radius 3 is 2.78 bits per heavy atom. The SMILES string of the molecule is CO[C@H]1C=C[C@@H]2[C@@H]3[C@H]4CCC[C@]3(C)[C@](C)(C4)[C@@]12O. The van der Waals surface area contributed by atoms with E-state index >= 15 is 0 Å². The monoisotopic (exact) mass is 248 g/mol. The lowest BCUT2D eigenvalue weighted by Crippen LogP contribution is -2.57. The summed E-state index contributed by atoms with van der Waals surface area (Å²) in [6, 6.07) is 0. The van der Waals surface area contributed by atoms with Gasteiger partial charge in [0, 0.05) is 18.4 Å². The topological polar surface area (TPSA) is 29.5 Å². The van der Waals surface area contributed by atoms with Crippen molar-refractivity contribution in [1.82, 2.24) is 0 Å². The van der Waals surface area contributed by atoms with Gasteiger partial charge in [0.25, 0.3) is 0 Å². The zero-order valence-electron chi connectivity index (χ0n) is 11.6. The number of rotatable bonds is 1. The van der Waals surface area contributed by atoms with Crippen LogP contribution in [-0.2, 0) is 4.74 Å². The second kappa shape index (κ2) is 3.04. The van der Waals surface area contributed by atoms with Crippen LogP contribution >= 0.6 is 0 Å². The molecule has 0 saturated heterocycles. The first kappa shape index (κ1) is 11.5. The van der Waals surface area contributed by atoms with Crippen LogP contribution in [0.15, 0.2) is 12.2 Å². The van der Waals surface area contributed by atoms with E-state index in [9.17, 15) is 5.11 Å². The Bertz CT molecular complexity index is 431. The third-order valence-corrected chi connectivity index (χ3v) is 7.41. The molecule has 18 heavy (non-hydrogen) atoms. The average Bonchev–Trinajstić information content (AvgIpc) is 2.77. The highest BCUT2D eigenvalue weighted by molar-refractivity contribution is 5.36. The molecule has 0 aromatic carbocycles. The van der Waals surface area contributed by atoms with Gasteiger partial charge >= 0.3 is 0 Å². The smallest absolute Gasteiger partial charge is 0.107 e. The fraction of sp³-hybridized carbons (Fsp3) is 0.875. The van der Waals surface area contributed by atoms with Crippen molar-refractivity contribution in [3.05, 3.63) is 12.2 Å². The molecule has 4 aliphatic rings. The first-order valence-corrected chi connectivity index (χ1v) is 7.42. The third-order valence-electron chi connectivity index (χ3n) is 7.41. The molecule has 2 nitrogen and oxygen atoms in total. The summed E-state index contributed by atoms with van der Waals surface area (Å²) in [6.07, 6.45) is 9.47. The van der Waals surface area contributed by atoms with Crippen molar-refractivity contribution >= 4 is 0 Å². The van der Waals surface area contributed by atoms with Gasteiger partial charge in [-0.3, -0.25) is 0 Å². The summed E-state index contributed by atoms with van der Waals surface area (Å²) in [5.74, 6) is 1.84. The molecule has 4 aliphatic carbocycles. The lowest BCUT2D eigenvalue weighted by molar-refractivity contribution is -0.167. The molecule has 3 fully saturated rings. The molecule has 0 amide bonds. The largest absolute Gasteiger partial charge is 0.386 e. The van der Waals surface area contributed by atoms with Crippen LogP contribution in [0.2, 0.25) is 0 Å². The molecule has 4 bridgehead atoms. The summed E-state index contributed by atoms with van der Waals surface area (Å²) in [5, 5.41) is 11.5. The number of ether oxygens (including phenoxy) is 1. The Balaban J connectivity index is 1.90. The van der Waals surface area contributed by atoms with Crippen LogP contribution in [0.4, 0.5) is 0 Å². The van der Waals surface area contributed by atoms with E-state index in [1.54, 1.807) is 7.11 Å². The molecule has 3 saturated carbocycles. The van der Waals surface area contributed by atoms with Gasteiger partial charge in [-0.25, -0.2) is 0 Å². The van der Waals surface area contributed by atoms with E-state index in [0.29, 0.717) is 17.3 Å². The number of methoxy groups -OCH3 is 1. The second-order valence-corrected chi connectivity index (χ2v) is 7.52. The molecule has 1 N–H and O–H groups in total. The Kier molecular flexibility index (Phi) is 1.94. The fourth-order valence-electron chi connectivity index (χ4n) is 6.58. The Morgan fingerprint density at radius 2 is 2.06 bits per heavy atom. The molecule has 0 unspecified atom stereocenters. The van der Waals surface area contributed by atoms with Gasteiger partial charge in [0.15, 0.2) is 0 Å². The van der Waals surface area contributed by atoms with Crippen molar-refractivity contribution < 1.29 is 9.84 Å². The lowest BCUT2D eigenvalue weighted by atomic mass is 9.61. The Labute approximate surface area is 109 Å². The van der Waals surface area contributed by atoms with Crippen molar-refractivity contribution in [3.8, 4) is 0 Å². The predicted molar refractivity (Wildman–Crippen MR) is 70.0 cm³/mol. The highest BCUT2D eigenvalue weighted by Crippen LogP contribution is 2.79. The van der Waals surface area contributed by atoms with E-state index in [2.05, 4.69) is 26.0 Å². The summed E-state index contributed by atoms with van der Waals surface area (Å²) in [4.78, 5) is 0. The van der Waals surface area contributed by atoms with Gasteiger partial charge in [-0.1, -0.05) is 38.8 Å². The maximum absolute atomic E-state index is 11.5. The van der Waals surface area contributed by atoms with Gasteiger partial charge in [0.1, 0.15) is 11.7 Å². The van der Waals surface area contributed by atoms with E-state index in [1.165, 1.54) is 25.7 Å². The van der Waals surface area contributed by atoms with Crippen LogP contribution < -0.4 is 0 Å². The zero-order chi connectivity index (χ0) is 12.8. The van der Waals surface area contributed by atoms with Crippen molar-refractivity contribution in [3.63, 3.8) is 0 Å². The van der Waals surface area contributed by atoms with Gasteiger partial charge in [-0.05, 0) is 30.1 Å². The van der Waals surface area contributed by atoms with Crippen molar-refractivity contribution in [2.75, 3.05) is 7.11 Å². The van der Waals surface area contributed by atoms with E-state index < -0.39 is 5.60 Å². The van der Waals surface area contributed by atoms with Crippen molar-refractivity contribution in [2.24, 2.45) is 28.6 Å². The molecule has 0 aromatic rings. The van der Waals surface area contributed by atoms with E-state index in [0.717, 1.165) is 5.92 Å². The molecule has 100 valence electrons. The highest BCUT2D eigenvalue weighted by atomic mass is 16.5. The van der Waals surface area contributed by atoms with Crippen molar-refractivity contribution in [2.45, 2.75) is 51.2 Å². The van der Waals surface area contributed by atoms with Gasteiger partial charge < -0.3 is 9.84 Å². The van der Waals surface area contributed by atoms with E-state index in [-0.39, 0.29) is 11.5 Å². The van der Waals surface area contributed by atoms with Crippen LogP contribution in [0, 0.1) is 28.6 Å². The molecule has 0 spiro atoms. The summed E-state index contributed by atoms with van der Waals surface area (Å²) < 4.78 is 5.60. The minimum Gasteiger partial charge on any atom is -0.386 e. The minimum absolute atomic E-state index is 0.0284. The van der Waals surface area contributed by atoms with Crippen LogP contribution in [0.5, 0.6) is 0 Å². The number of fused-ring (bicyclic) bond motifs is 2. The molecule has 2 heteroatoms. The lowest BCUT2D eigenvalue weighted by Gasteiger charge is -2.48. The molecular weight excluding hydrogens is 224 g/mol. The van der Waals surface area contributed by atoms with Gasteiger partial charge in [-0.15, -0.1) is 0 Å². The van der Waals surface area contributed by atoms with Crippen LogP contribution in [-0.4, -0.2) is 23.9 Å². The summed E-state index contributed by atoms with van der Waals surface area (Å²) >= 11 is 0. The maximum Gasteiger partial charge on any atom is 0.107 e. The molecule has 0 aromatic heterocycles. The van der Waals surface area contributed by atoms with Crippen LogP contribution in [0.25, 0.3) is 0 Å². The molecule has 0 aliphatic heterocycles. The normalized spacial score (nSPS) is 64.4. The Morgan fingerprint density at radius 1 is 1.28 bits per heavy atom. The van der Waals surface area contributed by atoms with E-state index in [1.807, 2.05) is 0 Å². The third kappa shape index (κ3) is 0.857. The molecule has 0 heterocycles. The van der Waals surface area contributed by atoms with Crippen molar-refractivity contribution in [1.29, 1.82) is 0 Å². The fourth-order valence-corrected chi connectivity index (χ4v) is 6.58. The molecule has 7 atom stereocenters. The second-order valence-electron chi connectivity index (χ2n) is 7.52. The standard InChI is InChI=1S/C16H24O2/c1-14-8-4-5-10-9-15(14,2)16(17)11(13(10)14)6-7-12(16)18-3/h6-7,10-13,17H,4-5,8-9H2,1-3H3/t10-,11+,12-,13-,14-,15-,16-/m0/s1. The van der Waals surface area contributed by atoms with Crippen LogP contribution in [0.1, 0.15) is 39.5 Å². The quantitative estimate of drug-likeness (QED) is 0.723. The molecular formula is C16H24O2. The summed E-state index contributed by atoms with van der Waals surface area (Å²) in [6.45, 7) is 4.78. The van der Waals surface area contributed by atoms with Gasteiger partial charge in [-0.2, -0.15) is 0 Å². The number of hydrogen-bond donors (Lipinski definition) is 1. The van der Waals surface area contributed by atoms with Gasteiger partial charge in [0.05, 0.1) is 0 Å². The molecule has 0 radical (unpaired) electrons. The first-order chi connectivity index (χ1) is 8.49. The zero-order valence-corrected chi connectivity index (χ0v) is 11.6.